The first-order chi connectivity index (χ1) is 10.9. The topological polar surface area (TPSA) is 65.6 Å². The number of H-pyrrole nitrogens is 1. The van der Waals surface area contributed by atoms with Gasteiger partial charge in [0.1, 0.15) is 0 Å². The van der Waals surface area contributed by atoms with Gasteiger partial charge in [-0.2, -0.15) is 18.4 Å². The quantitative estimate of drug-likeness (QED) is 0.687. The van der Waals surface area contributed by atoms with Gasteiger partial charge in [0.05, 0.1) is 17.6 Å². The summed E-state index contributed by atoms with van der Waals surface area (Å²) in [5.41, 5.74) is 5.88. The summed E-state index contributed by atoms with van der Waals surface area (Å²) >= 11 is 0. The van der Waals surface area contributed by atoms with Gasteiger partial charge in [-0.05, 0) is 29.3 Å². The maximum absolute atomic E-state index is 13.0. The Bertz CT molecular complexity index is 903. The molecule has 0 bridgehead atoms. The summed E-state index contributed by atoms with van der Waals surface area (Å²) in [4.78, 5) is 3.03. The number of anilines is 1. The highest BCUT2D eigenvalue weighted by Crippen LogP contribution is 2.37. The van der Waals surface area contributed by atoms with Gasteiger partial charge in [-0.25, -0.2) is 0 Å². The maximum Gasteiger partial charge on any atom is 0.418 e. The molecule has 0 radical (unpaired) electrons. The molecular formula is C17H12F3N3. The summed E-state index contributed by atoms with van der Waals surface area (Å²) in [6.07, 6.45) is -2.90. The van der Waals surface area contributed by atoms with Crippen molar-refractivity contribution in [2.75, 3.05) is 5.73 Å². The number of hydrogen-bond acceptors (Lipinski definition) is 2. The lowest BCUT2D eigenvalue weighted by molar-refractivity contribution is -0.136. The molecule has 3 nitrogen and oxygen atoms in total. The number of nitriles is 1. The van der Waals surface area contributed by atoms with Crippen molar-refractivity contribution in [1.29, 1.82) is 5.26 Å². The number of nitrogen functional groups attached to an aromatic ring is 1. The van der Waals surface area contributed by atoms with Gasteiger partial charge in [0.2, 0.25) is 0 Å². The molecule has 0 amide bonds. The van der Waals surface area contributed by atoms with E-state index < -0.39 is 17.7 Å². The summed E-state index contributed by atoms with van der Waals surface area (Å²) in [5.74, 6) is -0.812. The van der Waals surface area contributed by atoms with Crippen LogP contribution in [0.3, 0.4) is 0 Å². The molecule has 0 aliphatic carbocycles. The van der Waals surface area contributed by atoms with Crippen LogP contribution in [-0.4, -0.2) is 4.98 Å². The third kappa shape index (κ3) is 2.61. The molecule has 0 aliphatic heterocycles. The molecular weight excluding hydrogens is 303 g/mol. The molecule has 2 aromatic carbocycles. The normalized spacial score (nSPS) is 13.0. The van der Waals surface area contributed by atoms with Crippen LogP contribution < -0.4 is 5.73 Å². The summed E-state index contributed by atoms with van der Waals surface area (Å²) in [5, 5.41) is 10.3. The van der Waals surface area contributed by atoms with Crippen LogP contribution in [0.1, 0.15) is 22.6 Å². The van der Waals surface area contributed by atoms with Gasteiger partial charge in [0.15, 0.2) is 0 Å². The molecule has 0 saturated carbocycles. The highest BCUT2D eigenvalue weighted by atomic mass is 19.4. The molecule has 23 heavy (non-hydrogen) atoms. The van der Waals surface area contributed by atoms with Crippen LogP contribution in [0.25, 0.3) is 10.9 Å². The van der Waals surface area contributed by atoms with Crippen LogP contribution in [0, 0.1) is 11.3 Å². The van der Waals surface area contributed by atoms with E-state index in [9.17, 15) is 18.4 Å². The van der Waals surface area contributed by atoms with E-state index >= 15 is 0 Å². The SMILES string of the molecule is N#CC(c1ccc(N)c(C(F)(F)F)c1)c1c[nH]c2ccccc12. The fourth-order valence-electron chi connectivity index (χ4n) is 2.66. The van der Waals surface area contributed by atoms with Crippen molar-refractivity contribution in [3.05, 3.63) is 65.4 Å². The minimum Gasteiger partial charge on any atom is -0.398 e. The Morgan fingerprint density at radius 2 is 1.87 bits per heavy atom. The minimum atomic E-state index is -4.56. The van der Waals surface area contributed by atoms with E-state index in [2.05, 4.69) is 11.1 Å². The Morgan fingerprint density at radius 3 is 2.57 bits per heavy atom. The van der Waals surface area contributed by atoms with Gasteiger partial charge < -0.3 is 10.7 Å². The van der Waals surface area contributed by atoms with Gasteiger partial charge >= 0.3 is 6.18 Å². The fourth-order valence-corrected chi connectivity index (χ4v) is 2.66. The van der Waals surface area contributed by atoms with E-state index in [0.717, 1.165) is 17.0 Å². The maximum atomic E-state index is 13.0. The predicted molar refractivity (Wildman–Crippen MR) is 81.6 cm³/mol. The van der Waals surface area contributed by atoms with E-state index in [1.165, 1.54) is 12.1 Å². The van der Waals surface area contributed by atoms with Crippen LogP contribution in [0.4, 0.5) is 18.9 Å². The van der Waals surface area contributed by atoms with E-state index in [-0.39, 0.29) is 11.3 Å². The van der Waals surface area contributed by atoms with Gasteiger partial charge in [-0.1, -0.05) is 24.3 Å². The van der Waals surface area contributed by atoms with Crippen LogP contribution >= 0.6 is 0 Å². The van der Waals surface area contributed by atoms with E-state index in [4.69, 9.17) is 5.73 Å². The number of fused-ring (bicyclic) bond motifs is 1. The third-order valence-electron chi connectivity index (χ3n) is 3.78. The fraction of sp³-hybridized carbons (Fsp3) is 0.118. The molecule has 0 fully saturated rings. The molecule has 1 aromatic heterocycles. The van der Waals surface area contributed by atoms with Gasteiger partial charge in [-0.3, -0.25) is 0 Å². The molecule has 0 saturated heterocycles. The number of nitrogens with two attached hydrogens (primary N) is 1. The number of aromatic amines is 1. The number of para-hydroxylation sites is 1. The first-order valence-corrected chi connectivity index (χ1v) is 6.84. The summed E-state index contributed by atoms with van der Waals surface area (Å²) < 4.78 is 39.1. The third-order valence-corrected chi connectivity index (χ3v) is 3.78. The molecule has 3 N–H and O–H groups in total. The van der Waals surface area contributed by atoms with Crippen LogP contribution in [-0.2, 0) is 6.18 Å². The number of alkyl halides is 3. The average Bonchev–Trinajstić information content (AvgIpc) is 2.93. The largest absolute Gasteiger partial charge is 0.418 e. The van der Waals surface area contributed by atoms with Gasteiger partial charge in [-0.15, -0.1) is 0 Å². The first kappa shape index (κ1) is 15.0. The van der Waals surface area contributed by atoms with Crippen molar-refractivity contribution < 1.29 is 13.2 Å². The Labute approximate surface area is 130 Å². The monoisotopic (exact) mass is 315 g/mol. The number of benzene rings is 2. The highest BCUT2D eigenvalue weighted by molar-refractivity contribution is 5.84. The Balaban J connectivity index is 2.14. The summed E-state index contributed by atoms with van der Waals surface area (Å²) in [7, 11) is 0. The van der Waals surface area contributed by atoms with Crippen LogP contribution in [0.15, 0.2) is 48.7 Å². The molecule has 3 aromatic rings. The van der Waals surface area contributed by atoms with Crippen molar-refractivity contribution in [1.82, 2.24) is 4.98 Å². The van der Waals surface area contributed by atoms with Crippen molar-refractivity contribution in [3.63, 3.8) is 0 Å². The zero-order valence-electron chi connectivity index (χ0n) is 11.9. The molecule has 1 heterocycles. The Morgan fingerprint density at radius 1 is 1.13 bits per heavy atom. The molecule has 1 atom stereocenters. The standard InChI is InChI=1S/C17H12F3N3/c18-17(19,20)14-7-10(5-6-15(14)22)12(8-21)13-9-23-16-4-2-1-3-11(13)16/h1-7,9,12,23H,22H2. The highest BCUT2D eigenvalue weighted by Gasteiger charge is 2.34. The number of rotatable bonds is 2. The number of halogens is 3. The lowest BCUT2D eigenvalue weighted by atomic mass is 9.91. The van der Waals surface area contributed by atoms with Crippen molar-refractivity contribution >= 4 is 16.6 Å². The molecule has 116 valence electrons. The van der Waals surface area contributed by atoms with E-state index in [1.54, 1.807) is 6.20 Å². The lowest BCUT2D eigenvalue weighted by Crippen LogP contribution is -2.10. The Hall–Kier alpha value is -2.94. The van der Waals surface area contributed by atoms with Crippen molar-refractivity contribution in [3.8, 4) is 6.07 Å². The van der Waals surface area contributed by atoms with Gasteiger partial charge in [0.25, 0.3) is 0 Å². The molecule has 1 unspecified atom stereocenters. The zero-order chi connectivity index (χ0) is 16.6. The van der Waals surface area contributed by atoms with Crippen LogP contribution in [0.5, 0.6) is 0 Å². The zero-order valence-corrected chi connectivity index (χ0v) is 11.9. The molecule has 0 spiro atoms. The van der Waals surface area contributed by atoms with Gasteiger partial charge in [0, 0.05) is 22.8 Å². The van der Waals surface area contributed by atoms with Crippen molar-refractivity contribution in [2.24, 2.45) is 0 Å². The van der Waals surface area contributed by atoms with E-state index in [1.807, 2.05) is 24.3 Å². The first-order valence-electron chi connectivity index (χ1n) is 6.84. The molecule has 6 heteroatoms. The number of nitrogens with one attached hydrogen (secondary N) is 1. The van der Waals surface area contributed by atoms with Crippen LogP contribution in [0.2, 0.25) is 0 Å². The summed E-state index contributed by atoms with van der Waals surface area (Å²) in [6.45, 7) is 0. The lowest BCUT2D eigenvalue weighted by Gasteiger charge is -2.14. The van der Waals surface area contributed by atoms with Crippen molar-refractivity contribution in [2.45, 2.75) is 12.1 Å². The second-order valence-corrected chi connectivity index (χ2v) is 5.20. The molecule has 0 aliphatic rings. The summed E-state index contributed by atoms with van der Waals surface area (Å²) in [6, 6.07) is 13.0. The predicted octanol–water partition coefficient (Wildman–Crippen LogP) is 4.42. The smallest absolute Gasteiger partial charge is 0.398 e. The number of hydrogen-bond donors (Lipinski definition) is 2. The Kier molecular flexibility index (Phi) is 3.49. The molecule has 3 rings (SSSR count). The second kappa shape index (κ2) is 5.36. The average molecular weight is 315 g/mol. The number of nitrogens with zero attached hydrogens (tertiary/aromatic N) is 1. The van der Waals surface area contributed by atoms with E-state index in [0.29, 0.717) is 5.56 Å². The number of aromatic nitrogens is 1. The second-order valence-electron chi connectivity index (χ2n) is 5.20. The minimum absolute atomic E-state index is 0.263.